The van der Waals surface area contributed by atoms with Crippen molar-refractivity contribution >= 4 is 17.5 Å². The minimum absolute atomic E-state index is 0.0391. The van der Waals surface area contributed by atoms with Gasteiger partial charge in [-0.15, -0.1) is 0 Å². The van der Waals surface area contributed by atoms with E-state index in [0.29, 0.717) is 0 Å². The number of hydrogen-bond acceptors (Lipinski definition) is 5. The second-order valence-electron chi connectivity index (χ2n) is 6.49. The van der Waals surface area contributed by atoms with Crippen LogP contribution in [-0.2, 0) is 4.79 Å². The number of anilines is 2. The summed E-state index contributed by atoms with van der Waals surface area (Å²) in [5.74, 6) is 2.74. The molecule has 1 aliphatic heterocycles. The molecule has 1 atom stereocenters. The van der Waals surface area contributed by atoms with E-state index in [0.717, 1.165) is 42.7 Å². The van der Waals surface area contributed by atoms with Crippen molar-refractivity contribution in [2.75, 3.05) is 18.4 Å². The van der Waals surface area contributed by atoms with Crippen LogP contribution in [0.15, 0.2) is 30.5 Å². The first-order chi connectivity index (χ1) is 11.5. The first-order valence-corrected chi connectivity index (χ1v) is 8.35. The van der Waals surface area contributed by atoms with Gasteiger partial charge in [0, 0.05) is 37.2 Å². The Hall–Kier alpha value is -2.50. The zero-order valence-electron chi connectivity index (χ0n) is 14.4. The molecule has 1 N–H and O–H groups in total. The number of likely N-dealkylation sites (tertiary alicyclic amines) is 1. The summed E-state index contributed by atoms with van der Waals surface area (Å²) in [7, 11) is 0. The molecule has 1 unspecified atom stereocenters. The minimum atomic E-state index is 0.0391. The van der Waals surface area contributed by atoms with E-state index in [4.69, 9.17) is 0 Å². The number of amides is 1. The molecule has 2 aromatic heterocycles. The van der Waals surface area contributed by atoms with Gasteiger partial charge in [-0.3, -0.25) is 4.79 Å². The summed E-state index contributed by atoms with van der Waals surface area (Å²) < 4.78 is 0. The Morgan fingerprint density at radius 1 is 1.29 bits per heavy atom. The van der Waals surface area contributed by atoms with Crippen molar-refractivity contribution in [1.82, 2.24) is 19.9 Å². The summed E-state index contributed by atoms with van der Waals surface area (Å²) in [6.07, 6.45) is 2.68. The van der Waals surface area contributed by atoms with Crippen LogP contribution in [-0.4, -0.2) is 38.8 Å². The lowest BCUT2D eigenvalue weighted by Crippen LogP contribution is -2.32. The average molecular weight is 325 g/mol. The van der Waals surface area contributed by atoms with Crippen LogP contribution in [0.2, 0.25) is 0 Å². The van der Waals surface area contributed by atoms with Crippen LogP contribution in [0, 0.1) is 12.8 Å². The van der Waals surface area contributed by atoms with E-state index in [9.17, 15) is 4.79 Å². The maximum absolute atomic E-state index is 12.2. The predicted molar refractivity (Wildman–Crippen MR) is 93.1 cm³/mol. The Kier molecular flexibility index (Phi) is 4.74. The monoisotopic (exact) mass is 325 g/mol. The third kappa shape index (κ3) is 3.69. The van der Waals surface area contributed by atoms with Crippen LogP contribution in [0.25, 0.3) is 0 Å². The highest BCUT2D eigenvalue weighted by Gasteiger charge is 2.29. The van der Waals surface area contributed by atoms with Crippen LogP contribution < -0.4 is 5.32 Å². The molecule has 6 heteroatoms. The highest BCUT2D eigenvalue weighted by molar-refractivity contribution is 5.78. The molecule has 24 heavy (non-hydrogen) atoms. The predicted octanol–water partition coefficient (Wildman–Crippen LogP) is 2.90. The SMILES string of the molecule is Cc1nc(Nc2ccccn2)cc(C2CCN(C(=O)C(C)C)C2)n1. The number of aromatic nitrogens is 3. The van der Waals surface area contributed by atoms with Crippen molar-refractivity contribution in [1.29, 1.82) is 0 Å². The van der Waals surface area contributed by atoms with Crippen LogP contribution in [0.5, 0.6) is 0 Å². The molecule has 3 rings (SSSR count). The fraction of sp³-hybridized carbons (Fsp3) is 0.444. The molecule has 126 valence electrons. The first kappa shape index (κ1) is 16.4. The summed E-state index contributed by atoms with van der Waals surface area (Å²) in [4.78, 5) is 27.4. The van der Waals surface area contributed by atoms with Gasteiger partial charge in [0.05, 0.1) is 5.69 Å². The number of aryl methyl sites for hydroxylation is 1. The molecule has 0 spiro atoms. The molecule has 0 aromatic carbocycles. The van der Waals surface area contributed by atoms with E-state index in [1.807, 2.05) is 49.9 Å². The molecule has 0 bridgehead atoms. The summed E-state index contributed by atoms with van der Waals surface area (Å²) in [5, 5.41) is 3.22. The van der Waals surface area contributed by atoms with E-state index < -0.39 is 0 Å². The van der Waals surface area contributed by atoms with Crippen molar-refractivity contribution in [2.24, 2.45) is 5.92 Å². The molecular formula is C18H23N5O. The maximum Gasteiger partial charge on any atom is 0.225 e. The Labute approximate surface area is 142 Å². The standard InChI is InChI=1S/C18H23N5O/c1-12(2)18(24)23-9-7-14(11-23)15-10-17(21-13(3)20-15)22-16-6-4-5-8-19-16/h4-6,8,10,12,14H,7,9,11H2,1-3H3,(H,19,20,21,22). The Morgan fingerprint density at radius 2 is 2.12 bits per heavy atom. The van der Waals surface area contributed by atoms with Crippen LogP contribution in [0.3, 0.4) is 0 Å². The number of nitrogens with one attached hydrogen (secondary N) is 1. The van der Waals surface area contributed by atoms with Crippen LogP contribution in [0.1, 0.15) is 37.7 Å². The molecule has 1 saturated heterocycles. The van der Waals surface area contributed by atoms with Gasteiger partial charge in [-0.2, -0.15) is 0 Å². The van der Waals surface area contributed by atoms with Crippen molar-refractivity contribution in [3.63, 3.8) is 0 Å². The summed E-state index contributed by atoms with van der Waals surface area (Å²) in [6, 6.07) is 7.67. The first-order valence-electron chi connectivity index (χ1n) is 8.35. The lowest BCUT2D eigenvalue weighted by Gasteiger charge is -2.19. The van der Waals surface area contributed by atoms with Gasteiger partial charge in [-0.05, 0) is 25.5 Å². The van der Waals surface area contributed by atoms with E-state index in [2.05, 4.69) is 20.3 Å². The van der Waals surface area contributed by atoms with Crippen LogP contribution in [0.4, 0.5) is 11.6 Å². The van der Waals surface area contributed by atoms with Gasteiger partial charge in [0.2, 0.25) is 5.91 Å². The molecule has 0 radical (unpaired) electrons. The zero-order valence-corrected chi connectivity index (χ0v) is 14.4. The van der Waals surface area contributed by atoms with Gasteiger partial charge in [-0.25, -0.2) is 15.0 Å². The fourth-order valence-corrected chi connectivity index (χ4v) is 3.00. The normalized spacial score (nSPS) is 17.3. The largest absolute Gasteiger partial charge is 0.342 e. The number of nitrogens with zero attached hydrogens (tertiary/aromatic N) is 4. The molecule has 6 nitrogen and oxygen atoms in total. The summed E-state index contributed by atoms with van der Waals surface area (Å²) in [5.41, 5.74) is 0.986. The Bertz CT molecular complexity index is 717. The van der Waals surface area contributed by atoms with Crippen molar-refractivity contribution in [3.8, 4) is 0 Å². The molecule has 1 aliphatic rings. The van der Waals surface area contributed by atoms with Crippen molar-refractivity contribution in [2.45, 2.75) is 33.1 Å². The fourth-order valence-electron chi connectivity index (χ4n) is 3.00. The van der Waals surface area contributed by atoms with Gasteiger partial charge in [0.25, 0.3) is 0 Å². The second-order valence-corrected chi connectivity index (χ2v) is 6.49. The second kappa shape index (κ2) is 6.95. The number of carbonyl (C=O) groups is 1. The van der Waals surface area contributed by atoms with Gasteiger partial charge in [0.15, 0.2) is 0 Å². The van der Waals surface area contributed by atoms with Gasteiger partial charge >= 0.3 is 0 Å². The molecule has 3 heterocycles. The molecular weight excluding hydrogens is 302 g/mol. The van der Waals surface area contributed by atoms with Crippen molar-refractivity contribution in [3.05, 3.63) is 42.0 Å². The molecule has 1 fully saturated rings. The lowest BCUT2D eigenvalue weighted by atomic mass is 10.0. The third-order valence-corrected chi connectivity index (χ3v) is 4.19. The minimum Gasteiger partial charge on any atom is -0.342 e. The summed E-state index contributed by atoms with van der Waals surface area (Å²) >= 11 is 0. The highest BCUT2D eigenvalue weighted by Crippen LogP contribution is 2.28. The molecule has 1 amide bonds. The quantitative estimate of drug-likeness (QED) is 0.936. The lowest BCUT2D eigenvalue weighted by molar-refractivity contribution is -0.133. The number of pyridine rings is 1. The summed E-state index contributed by atoms with van der Waals surface area (Å²) in [6.45, 7) is 7.31. The van der Waals surface area contributed by atoms with E-state index in [1.165, 1.54) is 0 Å². The number of carbonyl (C=O) groups excluding carboxylic acids is 1. The van der Waals surface area contributed by atoms with Gasteiger partial charge in [0.1, 0.15) is 17.5 Å². The van der Waals surface area contributed by atoms with E-state index in [1.54, 1.807) is 6.20 Å². The Balaban J connectivity index is 1.76. The third-order valence-electron chi connectivity index (χ3n) is 4.19. The van der Waals surface area contributed by atoms with E-state index >= 15 is 0 Å². The molecule has 0 aliphatic carbocycles. The zero-order chi connectivity index (χ0) is 17.1. The number of hydrogen-bond donors (Lipinski definition) is 1. The number of rotatable bonds is 4. The van der Waals surface area contributed by atoms with Gasteiger partial charge in [-0.1, -0.05) is 19.9 Å². The Morgan fingerprint density at radius 3 is 2.83 bits per heavy atom. The molecule has 0 saturated carbocycles. The van der Waals surface area contributed by atoms with E-state index in [-0.39, 0.29) is 17.7 Å². The van der Waals surface area contributed by atoms with Gasteiger partial charge < -0.3 is 10.2 Å². The topological polar surface area (TPSA) is 71.0 Å². The highest BCUT2D eigenvalue weighted by atomic mass is 16.2. The average Bonchev–Trinajstić information content (AvgIpc) is 3.04. The van der Waals surface area contributed by atoms with Crippen LogP contribution >= 0.6 is 0 Å². The molecule has 2 aromatic rings. The maximum atomic E-state index is 12.2. The smallest absolute Gasteiger partial charge is 0.225 e. The van der Waals surface area contributed by atoms with Crippen molar-refractivity contribution < 1.29 is 4.79 Å².